The van der Waals surface area contributed by atoms with E-state index in [2.05, 4.69) is 0 Å². The Hall–Kier alpha value is -3.15. The summed E-state index contributed by atoms with van der Waals surface area (Å²) in [5.74, 6) is 1.37. The lowest BCUT2D eigenvalue weighted by atomic mass is 9.99. The summed E-state index contributed by atoms with van der Waals surface area (Å²) in [6.07, 6.45) is -5.70. The van der Waals surface area contributed by atoms with E-state index in [9.17, 15) is 25.2 Å². The molecule has 2 aliphatic heterocycles. The van der Waals surface area contributed by atoms with Crippen molar-refractivity contribution in [3.05, 3.63) is 52.9 Å². The van der Waals surface area contributed by atoms with Crippen LogP contribution >= 0.6 is 0 Å². The van der Waals surface area contributed by atoms with Crippen LogP contribution in [0, 0.1) is 0 Å². The number of benzene rings is 2. The lowest BCUT2D eigenvalue weighted by Crippen LogP contribution is -2.60. The van der Waals surface area contributed by atoms with Crippen molar-refractivity contribution in [2.75, 3.05) is 19.8 Å². The number of rotatable bonds is 4. The topological polar surface area (TPSA) is 148 Å². The molecule has 0 radical (unpaired) electrons. The van der Waals surface area contributed by atoms with E-state index in [1.165, 1.54) is 24.5 Å². The first-order valence-electron chi connectivity index (χ1n) is 10.4. The Kier molecular flexibility index (Phi) is 5.69. The molecule has 0 bridgehead atoms. The molecule has 0 unspecified atom stereocenters. The van der Waals surface area contributed by atoms with Gasteiger partial charge in [-0.05, 0) is 29.8 Å². The Morgan fingerprint density at radius 1 is 0.939 bits per heavy atom. The molecule has 5 atom stereocenters. The molecule has 174 valence electrons. The average Bonchev–Trinajstić information content (AvgIpc) is 2.84. The largest absolute Gasteiger partial charge is 0.486 e. The first-order valence-corrected chi connectivity index (χ1v) is 10.4. The van der Waals surface area contributed by atoms with Crippen LogP contribution in [-0.2, 0) is 4.74 Å². The van der Waals surface area contributed by atoms with Gasteiger partial charge in [0.2, 0.25) is 6.29 Å². The Labute approximate surface area is 187 Å². The molecule has 1 fully saturated rings. The van der Waals surface area contributed by atoms with E-state index in [1.807, 2.05) is 0 Å². The normalized spacial score (nSPS) is 26.8. The number of aliphatic hydroxyl groups is 4. The zero-order chi connectivity index (χ0) is 23.1. The van der Waals surface area contributed by atoms with Crippen molar-refractivity contribution in [3.63, 3.8) is 0 Å². The van der Waals surface area contributed by atoms with Crippen LogP contribution in [0.15, 0.2) is 51.9 Å². The molecule has 3 heterocycles. The van der Waals surface area contributed by atoms with Crippen molar-refractivity contribution in [1.82, 2.24) is 0 Å². The van der Waals surface area contributed by atoms with Gasteiger partial charge in [0, 0.05) is 6.07 Å². The first kappa shape index (κ1) is 21.7. The lowest BCUT2D eigenvalue weighted by molar-refractivity contribution is -0.277. The maximum atomic E-state index is 13.1. The van der Waals surface area contributed by atoms with Crippen molar-refractivity contribution in [2.24, 2.45) is 0 Å². The van der Waals surface area contributed by atoms with Crippen molar-refractivity contribution >= 4 is 11.0 Å². The summed E-state index contributed by atoms with van der Waals surface area (Å²) < 4.78 is 27.7. The van der Waals surface area contributed by atoms with Gasteiger partial charge >= 0.3 is 0 Å². The van der Waals surface area contributed by atoms with Crippen LogP contribution in [0.25, 0.3) is 22.1 Å². The highest BCUT2D eigenvalue weighted by Gasteiger charge is 2.44. The minimum Gasteiger partial charge on any atom is -0.486 e. The van der Waals surface area contributed by atoms with Gasteiger partial charge in [0.15, 0.2) is 16.9 Å². The molecule has 0 amide bonds. The van der Waals surface area contributed by atoms with E-state index < -0.39 is 37.3 Å². The summed E-state index contributed by atoms with van der Waals surface area (Å²) >= 11 is 0. The van der Waals surface area contributed by atoms with Gasteiger partial charge in [0.25, 0.3) is 0 Å². The highest BCUT2D eigenvalue weighted by Crippen LogP contribution is 2.34. The maximum Gasteiger partial charge on any atom is 0.229 e. The second-order valence-electron chi connectivity index (χ2n) is 7.81. The van der Waals surface area contributed by atoms with Crippen molar-refractivity contribution in [1.29, 1.82) is 0 Å². The molecule has 10 nitrogen and oxygen atoms in total. The molecule has 1 saturated heterocycles. The second-order valence-corrected chi connectivity index (χ2v) is 7.81. The third-order valence-corrected chi connectivity index (χ3v) is 5.70. The number of hydrogen-bond acceptors (Lipinski definition) is 10. The zero-order valence-corrected chi connectivity index (χ0v) is 17.3. The molecule has 2 aromatic carbocycles. The fourth-order valence-electron chi connectivity index (χ4n) is 3.89. The zero-order valence-electron chi connectivity index (χ0n) is 17.3. The van der Waals surface area contributed by atoms with Crippen LogP contribution in [0.2, 0.25) is 0 Å². The SMILES string of the molecule is O=c1c(-c2ccc3c(c2)OCCO3)coc2cc(O[C@@H]3O[C@H](CO)[C@@H](O)[C@H](O)[C@H]3O)ccc12. The maximum absolute atomic E-state index is 13.1. The Morgan fingerprint density at radius 3 is 2.52 bits per heavy atom. The standard InChI is InChI=1S/C23H22O10/c24-9-18-20(26)21(27)22(28)23(33-18)32-12-2-3-13-16(8-12)31-10-14(19(13)25)11-1-4-15-17(7-11)30-6-5-29-15/h1-4,7-8,10,18,20-24,26-28H,5-6,9H2/t18-,20-,21+,22-,23-/m1/s1. The molecule has 4 N–H and O–H groups in total. The predicted molar refractivity (Wildman–Crippen MR) is 113 cm³/mol. The number of aliphatic hydroxyl groups excluding tert-OH is 4. The molecule has 10 heteroatoms. The fraction of sp³-hybridized carbons (Fsp3) is 0.348. The Bertz CT molecular complexity index is 1220. The van der Waals surface area contributed by atoms with Crippen LogP contribution in [0.1, 0.15) is 0 Å². The molecular weight excluding hydrogens is 436 g/mol. The van der Waals surface area contributed by atoms with Crippen LogP contribution in [0.3, 0.4) is 0 Å². The van der Waals surface area contributed by atoms with E-state index in [-0.39, 0.29) is 16.8 Å². The number of ether oxygens (including phenoxy) is 4. The molecular formula is C23H22O10. The first-order chi connectivity index (χ1) is 16.0. The third kappa shape index (κ3) is 3.92. The average molecular weight is 458 g/mol. The van der Waals surface area contributed by atoms with Gasteiger partial charge in [0.1, 0.15) is 55.2 Å². The third-order valence-electron chi connectivity index (χ3n) is 5.70. The summed E-state index contributed by atoms with van der Waals surface area (Å²) in [5.41, 5.74) is 0.953. The minimum absolute atomic E-state index is 0.196. The quantitative estimate of drug-likeness (QED) is 0.433. The van der Waals surface area contributed by atoms with Crippen LogP contribution < -0.4 is 19.6 Å². The number of fused-ring (bicyclic) bond motifs is 2. The van der Waals surface area contributed by atoms with Crippen LogP contribution in [-0.4, -0.2) is 71.0 Å². The molecule has 0 spiro atoms. The Balaban J connectivity index is 1.42. The monoisotopic (exact) mass is 458 g/mol. The van der Waals surface area contributed by atoms with E-state index in [0.717, 1.165) is 0 Å². The van der Waals surface area contributed by atoms with E-state index >= 15 is 0 Å². The minimum atomic E-state index is -1.56. The van der Waals surface area contributed by atoms with Gasteiger partial charge < -0.3 is 43.8 Å². The van der Waals surface area contributed by atoms with Crippen molar-refractivity contribution < 1.29 is 43.8 Å². The predicted octanol–water partition coefficient (Wildman–Crippen LogP) is 0.410. The summed E-state index contributed by atoms with van der Waals surface area (Å²) in [7, 11) is 0. The molecule has 3 aromatic rings. The lowest BCUT2D eigenvalue weighted by Gasteiger charge is -2.39. The van der Waals surface area contributed by atoms with Crippen LogP contribution in [0.4, 0.5) is 0 Å². The van der Waals surface area contributed by atoms with E-state index in [4.69, 9.17) is 23.4 Å². The smallest absolute Gasteiger partial charge is 0.229 e. The molecule has 2 aliphatic rings. The summed E-state index contributed by atoms with van der Waals surface area (Å²) in [6.45, 7) is 0.331. The number of hydrogen-bond donors (Lipinski definition) is 4. The van der Waals surface area contributed by atoms with Gasteiger partial charge in [-0.3, -0.25) is 4.79 Å². The molecule has 5 rings (SSSR count). The van der Waals surface area contributed by atoms with E-state index in [1.54, 1.807) is 18.2 Å². The van der Waals surface area contributed by atoms with Gasteiger partial charge in [-0.15, -0.1) is 0 Å². The Morgan fingerprint density at radius 2 is 1.73 bits per heavy atom. The highest BCUT2D eigenvalue weighted by atomic mass is 16.7. The highest BCUT2D eigenvalue weighted by molar-refractivity contribution is 5.83. The second kappa shape index (κ2) is 8.65. The van der Waals surface area contributed by atoms with Gasteiger partial charge in [-0.1, -0.05) is 6.07 Å². The van der Waals surface area contributed by atoms with Gasteiger partial charge in [0.05, 0.1) is 17.6 Å². The molecule has 1 aromatic heterocycles. The van der Waals surface area contributed by atoms with Crippen LogP contribution in [0.5, 0.6) is 17.2 Å². The molecule has 0 saturated carbocycles. The van der Waals surface area contributed by atoms with Gasteiger partial charge in [-0.25, -0.2) is 0 Å². The molecule has 0 aliphatic carbocycles. The fourth-order valence-corrected chi connectivity index (χ4v) is 3.89. The van der Waals surface area contributed by atoms with Crippen molar-refractivity contribution in [3.8, 4) is 28.4 Å². The van der Waals surface area contributed by atoms with Gasteiger partial charge in [-0.2, -0.15) is 0 Å². The van der Waals surface area contributed by atoms with Crippen molar-refractivity contribution in [2.45, 2.75) is 30.7 Å². The summed E-state index contributed by atoms with van der Waals surface area (Å²) in [4.78, 5) is 13.1. The van der Waals surface area contributed by atoms with E-state index in [0.29, 0.717) is 41.2 Å². The summed E-state index contributed by atoms with van der Waals surface area (Å²) in [6, 6.07) is 9.68. The summed E-state index contributed by atoms with van der Waals surface area (Å²) in [5, 5.41) is 39.6. The molecule has 33 heavy (non-hydrogen) atoms.